The van der Waals surface area contributed by atoms with Crippen LogP contribution in [0.3, 0.4) is 0 Å². The lowest BCUT2D eigenvalue weighted by Gasteiger charge is -2.18. The highest BCUT2D eigenvalue weighted by molar-refractivity contribution is 7.98. The Morgan fingerprint density at radius 3 is 2.72 bits per heavy atom. The first-order valence-electron chi connectivity index (χ1n) is 9.96. The van der Waals surface area contributed by atoms with Gasteiger partial charge in [-0.1, -0.05) is 42.1 Å². The fourth-order valence-electron chi connectivity index (χ4n) is 3.50. The summed E-state index contributed by atoms with van der Waals surface area (Å²) in [7, 11) is 1.71. The van der Waals surface area contributed by atoms with Gasteiger partial charge in [-0.3, -0.25) is 9.59 Å². The highest BCUT2D eigenvalue weighted by atomic mass is 32.2. The van der Waals surface area contributed by atoms with Gasteiger partial charge in [-0.15, -0.1) is 11.3 Å². The molecule has 5 rings (SSSR count). The fourth-order valence-corrected chi connectivity index (χ4v) is 5.11. The topological polar surface area (TPSA) is 94.7 Å². The van der Waals surface area contributed by atoms with Gasteiger partial charge in [0.05, 0.1) is 23.1 Å². The van der Waals surface area contributed by atoms with Crippen LogP contribution in [-0.2, 0) is 12.3 Å². The number of aromatic nitrogens is 4. The Hall–Kier alpha value is -3.43. The van der Waals surface area contributed by atoms with Crippen molar-refractivity contribution in [2.75, 3.05) is 7.05 Å². The van der Waals surface area contributed by atoms with Gasteiger partial charge in [-0.05, 0) is 35.2 Å². The van der Waals surface area contributed by atoms with E-state index in [-0.39, 0.29) is 18.0 Å². The van der Waals surface area contributed by atoms with E-state index in [4.69, 9.17) is 0 Å². The van der Waals surface area contributed by atoms with E-state index < -0.39 is 0 Å². The van der Waals surface area contributed by atoms with Crippen LogP contribution in [0.4, 0.5) is 0 Å². The predicted octanol–water partition coefficient (Wildman–Crippen LogP) is 4.43. The number of rotatable bonds is 6. The van der Waals surface area contributed by atoms with E-state index in [0.29, 0.717) is 27.4 Å². The maximum absolute atomic E-state index is 13.2. The molecule has 32 heavy (non-hydrogen) atoms. The third-order valence-electron chi connectivity index (χ3n) is 5.08. The largest absolute Gasteiger partial charge is 0.334 e. The molecular formula is C23H19N5O2S2. The van der Waals surface area contributed by atoms with Gasteiger partial charge in [0.2, 0.25) is 0 Å². The van der Waals surface area contributed by atoms with Crippen molar-refractivity contribution in [2.24, 2.45) is 0 Å². The monoisotopic (exact) mass is 461 g/mol. The second kappa shape index (κ2) is 8.60. The maximum Gasteiger partial charge on any atom is 0.268 e. The van der Waals surface area contributed by atoms with E-state index in [0.717, 1.165) is 21.8 Å². The molecule has 3 aromatic heterocycles. The highest BCUT2D eigenvalue weighted by Gasteiger charge is 2.18. The average molecular weight is 462 g/mol. The summed E-state index contributed by atoms with van der Waals surface area (Å²) in [5.74, 6) is 0.940. The molecule has 2 N–H and O–H groups in total. The number of thioether (sulfide) groups is 1. The number of fused-ring (bicyclic) bond motifs is 2. The average Bonchev–Trinajstić information content (AvgIpc) is 3.44. The van der Waals surface area contributed by atoms with Crippen molar-refractivity contribution in [1.82, 2.24) is 24.8 Å². The van der Waals surface area contributed by atoms with Crippen LogP contribution in [0.5, 0.6) is 0 Å². The standard InChI is InChI=1S/C23H19N5O2S2/c1-28(12-19-24-18-10-11-31-20(18)21(29)27-19)22(30)15-7-3-2-6-14(15)13-32-23-25-16-8-4-5-9-17(16)26-23/h2-11H,12-13H2,1H3,(H,25,26)(H,24,27,29). The second-order valence-electron chi connectivity index (χ2n) is 7.31. The molecule has 0 aliphatic heterocycles. The molecule has 9 heteroatoms. The minimum atomic E-state index is -0.177. The van der Waals surface area contributed by atoms with Crippen molar-refractivity contribution in [3.05, 3.63) is 87.3 Å². The van der Waals surface area contributed by atoms with Gasteiger partial charge < -0.3 is 14.9 Å². The Morgan fingerprint density at radius 2 is 1.84 bits per heavy atom. The van der Waals surface area contributed by atoms with Crippen LogP contribution >= 0.6 is 23.1 Å². The Morgan fingerprint density at radius 1 is 1.03 bits per heavy atom. The number of amides is 1. The number of benzene rings is 2. The Labute approximate surface area is 191 Å². The van der Waals surface area contributed by atoms with Crippen LogP contribution < -0.4 is 5.56 Å². The van der Waals surface area contributed by atoms with Crippen LogP contribution in [0, 0.1) is 0 Å². The second-order valence-corrected chi connectivity index (χ2v) is 9.19. The van der Waals surface area contributed by atoms with Gasteiger partial charge >= 0.3 is 0 Å². The number of hydrogen-bond acceptors (Lipinski definition) is 6. The highest BCUT2D eigenvalue weighted by Crippen LogP contribution is 2.25. The zero-order valence-corrected chi connectivity index (χ0v) is 18.8. The molecule has 0 aliphatic rings. The van der Waals surface area contributed by atoms with Gasteiger partial charge in [0.25, 0.3) is 11.5 Å². The SMILES string of the molecule is CN(Cc1nc2ccsc2c(=O)[nH]1)C(=O)c1ccccc1CSc1nc2ccccc2[nH]1. The molecule has 0 saturated heterocycles. The van der Waals surface area contributed by atoms with E-state index in [1.54, 1.807) is 23.7 Å². The number of nitrogens with zero attached hydrogens (tertiary/aromatic N) is 3. The molecule has 0 atom stereocenters. The quantitative estimate of drug-likeness (QED) is 0.365. The smallest absolute Gasteiger partial charge is 0.268 e. The third kappa shape index (κ3) is 4.04. The molecule has 0 spiro atoms. The van der Waals surface area contributed by atoms with E-state index >= 15 is 0 Å². The van der Waals surface area contributed by atoms with Crippen LogP contribution in [0.15, 0.2) is 69.9 Å². The van der Waals surface area contributed by atoms with Gasteiger partial charge in [-0.2, -0.15) is 0 Å². The fraction of sp³-hybridized carbons (Fsp3) is 0.130. The molecule has 7 nitrogen and oxygen atoms in total. The van der Waals surface area contributed by atoms with E-state index in [1.165, 1.54) is 11.3 Å². The number of nitrogens with one attached hydrogen (secondary N) is 2. The van der Waals surface area contributed by atoms with E-state index in [2.05, 4.69) is 19.9 Å². The van der Waals surface area contributed by atoms with E-state index in [1.807, 2.05) is 60.0 Å². The summed E-state index contributed by atoms with van der Waals surface area (Å²) >= 11 is 2.91. The molecule has 0 bridgehead atoms. The number of carbonyl (C=O) groups excluding carboxylic acids is 1. The summed E-state index contributed by atoms with van der Waals surface area (Å²) in [6.45, 7) is 0.213. The summed E-state index contributed by atoms with van der Waals surface area (Å²) in [5, 5.41) is 2.65. The van der Waals surface area contributed by atoms with Crippen LogP contribution in [0.1, 0.15) is 21.7 Å². The third-order valence-corrected chi connectivity index (χ3v) is 6.90. The molecule has 1 amide bonds. The molecule has 0 radical (unpaired) electrons. The van der Waals surface area contributed by atoms with Crippen LogP contribution in [0.2, 0.25) is 0 Å². The lowest BCUT2D eigenvalue weighted by atomic mass is 10.1. The van der Waals surface area contributed by atoms with Crippen molar-refractivity contribution in [2.45, 2.75) is 17.5 Å². The van der Waals surface area contributed by atoms with E-state index in [9.17, 15) is 9.59 Å². The maximum atomic E-state index is 13.2. The first kappa shape index (κ1) is 20.5. The van der Waals surface area contributed by atoms with Crippen LogP contribution in [-0.4, -0.2) is 37.8 Å². The summed E-state index contributed by atoms with van der Waals surface area (Å²) in [6.07, 6.45) is 0. The summed E-state index contributed by atoms with van der Waals surface area (Å²) < 4.78 is 0.593. The normalized spacial score (nSPS) is 11.3. The lowest BCUT2D eigenvalue weighted by Crippen LogP contribution is -2.29. The summed E-state index contributed by atoms with van der Waals surface area (Å²) in [4.78, 5) is 42.1. The molecule has 0 aliphatic carbocycles. The molecule has 0 unspecified atom stereocenters. The zero-order chi connectivity index (χ0) is 22.1. The number of hydrogen-bond donors (Lipinski definition) is 2. The molecule has 160 valence electrons. The first-order chi connectivity index (χ1) is 15.6. The van der Waals surface area contributed by atoms with Crippen molar-refractivity contribution in [1.29, 1.82) is 0 Å². The van der Waals surface area contributed by atoms with Crippen molar-refractivity contribution >= 4 is 50.3 Å². The number of aromatic amines is 2. The lowest BCUT2D eigenvalue weighted by molar-refractivity contribution is 0.0780. The number of carbonyl (C=O) groups is 1. The van der Waals surface area contributed by atoms with Gasteiger partial charge in [0, 0.05) is 18.4 Å². The Bertz CT molecular complexity index is 1450. The van der Waals surface area contributed by atoms with Gasteiger partial charge in [0.15, 0.2) is 5.16 Å². The first-order valence-corrected chi connectivity index (χ1v) is 11.8. The minimum absolute atomic E-state index is 0.126. The van der Waals surface area contributed by atoms with Gasteiger partial charge in [0.1, 0.15) is 10.5 Å². The number of para-hydroxylation sites is 2. The number of thiophene rings is 1. The van der Waals surface area contributed by atoms with Crippen molar-refractivity contribution in [3.63, 3.8) is 0 Å². The molecule has 0 saturated carbocycles. The van der Waals surface area contributed by atoms with Crippen molar-refractivity contribution in [3.8, 4) is 0 Å². The Balaban J connectivity index is 1.33. The molecule has 5 aromatic rings. The Kier molecular flexibility index (Phi) is 5.50. The minimum Gasteiger partial charge on any atom is -0.334 e. The summed E-state index contributed by atoms with van der Waals surface area (Å²) in [5.41, 5.74) is 3.93. The molecule has 2 aromatic carbocycles. The predicted molar refractivity (Wildman–Crippen MR) is 128 cm³/mol. The molecule has 3 heterocycles. The zero-order valence-electron chi connectivity index (χ0n) is 17.2. The summed E-state index contributed by atoms with van der Waals surface area (Å²) in [6, 6.07) is 17.3. The number of imidazole rings is 1. The van der Waals surface area contributed by atoms with Crippen molar-refractivity contribution < 1.29 is 4.79 Å². The molecule has 0 fully saturated rings. The number of H-pyrrole nitrogens is 2. The van der Waals surface area contributed by atoms with Gasteiger partial charge in [-0.25, -0.2) is 9.97 Å². The molecular weight excluding hydrogens is 442 g/mol. The van der Waals surface area contributed by atoms with Crippen LogP contribution in [0.25, 0.3) is 21.3 Å².